The molecule has 154 valence electrons. The molecule has 0 unspecified atom stereocenters. The Morgan fingerprint density at radius 3 is 2.86 bits per heavy atom. The van der Waals surface area contributed by atoms with Crippen molar-refractivity contribution >= 4 is 55.7 Å². The van der Waals surface area contributed by atoms with Gasteiger partial charge in [-0.25, -0.2) is 4.98 Å². The van der Waals surface area contributed by atoms with Crippen molar-refractivity contribution in [2.24, 2.45) is 0 Å². The minimum atomic E-state index is -0.153. The van der Waals surface area contributed by atoms with E-state index in [0.717, 1.165) is 35.9 Å². The van der Waals surface area contributed by atoms with Crippen molar-refractivity contribution in [3.05, 3.63) is 27.7 Å². The van der Waals surface area contributed by atoms with Crippen molar-refractivity contribution in [1.82, 2.24) is 19.5 Å². The van der Waals surface area contributed by atoms with Crippen molar-refractivity contribution in [1.29, 1.82) is 0 Å². The van der Waals surface area contributed by atoms with Crippen LogP contribution in [0.5, 0.6) is 5.75 Å². The van der Waals surface area contributed by atoms with Crippen LogP contribution in [0.25, 0.3) is 10.2 Å². The monoisotopic (exact) mass is 453 g/mol. The van der Waals surface area contributed by atoms with Gasteiger partial charge in [-0.1, -0.05) is 27.4 Å². The highest BCUT2D eigenvalue weighted by molar-refractivity contribution is 7.23. The summed E-state index contributed by atoms with van der Waals surface area (Å²) in [7, 11) is 1.59. The van der Waals surface area contributed by atoms with E-state index in [2.05, 4.69) is 14.5 Å². The summed E-state index contributed by atoms with van der Waals surface area (Å²) < 4.78 is 15.5. The molecule has 0 bridgehead atoms. The van der Waals surface area contributed by atoms with Gasteiger partial charge < -0.3 is 9.47 Å². The lowest BCUT2D eigenvalue weighted by molar-refractivity contribution is 0.0391. The largest absolute Gasteiger partial charge is 0.494 e. The van der Waals surface area contributed by atoms with E-state index >= 15 is 0 Å². The molecule has 3 aromatic rings. The average Bonchev–Trinajstić information content (AvgIpc) is 3.36. The lowest BCUT2D eigenvalue weighted by atomic mass is 10.3. The van der Waals surface area contributed by atoms with Gasteiger partial charge in [0.05, 0.1) is 35.7 Å². The van der Waals surface area contributed by atoms with Crippen LogP contribution in [0, 0.1) is 6.92 Å². The van der Waals surface area contributed by atoms with E-state index < -0.39 is 0 Å². The standard InChI is InChI=1S/C18H20ClN5O3S2/c1-11-15(29-22-21-11)17(25)24(6-5-23-7-9-27-10-8-23)18-20-14-13(26-2)4-3-12(19)16(14)28-18/h3-4H,5-10H2,1-2H3. The van der Waals surface area contributed by atoms with Gasteiger partial charge in [0.15, 0.2) is 5.13 Å². The molecular formula is C18H20ClN5O3S2. The molecule has 0 spiro atoms. The normalized spacial score (nSPS) is 15.0. The predicted molar refractivity (Wildman–Crippen MR) is 115 cm³/mol. The summed E-state index contributed by atoms with van der Waals surface area (Å²) >= 11 is 8.86. The third-order valence-electron chi connectivity index (χ3n) is 4.73. The first-order chi connectivity index (χ1) is 14.1. The van der Waals surface area contributed by atoms with Gasteiger partial charge in [-0.3, -0.25) is 14.6 Å². The van der Waals surface area contributed by atoms with E-state index in [9.17, 15) is 4.79 Å². The van der Waals surface area contributed by atoms with Gasteiger partial charge in [-0.05, 0) is 30.6 Å². The van der Waals surface area contributed by atoms with Crippen LogP contribution in [0.1, 0.15) is 15.4 Å². The molecule has 11 heteroatoms. The Morgan fingerprint density at radius 1 is 1.38 bits per heavy atom. The van der Waals surface area contributed by atoms with E-state index in [4.69, 9.17) is 26.1 Å². The number of amides is 1. The van der Waals surface area contributed by atoms with Gasteiger partial charge in [0, 0.05) is 26.2 Å². The molecule has 4 rings (SSSR count). The molecule has 1 aromatic carbocycles. The minimum Gasteiger partial charge on any atom is -0.494 e. The number of rotatable bonds is 6. The Bertz CT molecular complexity index is 1020. The second kappa shape index (κ2) is 8.88. The van der Waals surface area contributed by atoms with E-state index in [-0.39, 0.29) is 5.91 Å². The van der Waals surface area contributed by atoms with Gasteiger partial charge >= 0.3 is 0 Å². The summed E-state index contributed by atoms with van der Waals surface area (Å²) in [6.07, 6.45) is 0. The van der Waals surface area contributed by atoms with Crippen LogP contribution in [0.4, 0.5) is 5.13 Å². The number of hydrogen-bond acceptors (Lipinski definition) is 9. The number of carbonyl (C=O) groups excluding carboxylic acids is 1. The molecular weight excluding hydrogens is 434 g/mol. The number of benzene rings is 1. The third kappa shape index (κ3) is 4.22. The summed E-state index contributed by atoms with van der Waals surface area (Å²) in [6.45, 7) is 6.12. The number of aromatic nitrogens is 3. The Hall–Kier alpha value is -1.85. The minimum absolute atomic E-state index is 0.153. The zero-order valence-corrected chi connectivity index (χ0v) is 18.4. The maximum absolute atomic E-state index is 13.3. The number of anilines is 1. The molecule has 1 amide bonds. The zero-order valence-electron chi connectivity index (χ0n) is 16.1. The number of halogens is 1. The quantitative estimate of drug-likeness (QED) is 0.567. The van der Waals surface area contributed by atoms with Crippen LogP contribution >= 0.6 is 34.5 Å². The number of thiazole rings is 1. The Balaban J connectivity index is 1.69. The van der Waals surface area contributed by atoms with Crippen LogP contribution in [-0.4, -0.2) is 71.9 Å². The van der Waals surface area contributed by atoms with Crippen molar-refractivity contribution in [3.8, 4) is 5.75 Å². The van der Waals surface area contributed by atoms with Crippen molar-refractivity contribution in [2.75, 3.05) is 51.4 Å². The lowest BCUT2D eigenvalue weighted by Gasteiger charge is -2.29. The number of nitrogens with zero attached hydrogens (tertiary/aromatic N) is 5. The van der Waals surface area contributed by atoms with Crippen LogP contribution in [0.15, 0.2) is 12.1 Å². The summed E-state index contributed by atoms with van der Waals surface area (Å²) in [5.41, 5.74) is 1.27. The molecule has 1 saturated heterocycles. The fourth-order valence-corrected chi connectivity index (χ4v) is 5.01. The number of aryl methyl sites for hydroxylation is 1. The first-order valence-corrected chi connectivity index (χ1v) is 11.1. The third-order valence-corrected chi connectivity index (χ3v) is 7.09. The number of hydrogen-bond donors (Lipinski definition) is 0. The van der Waals surface area contributed by atoms with Crippen LogP contribution in [0.3, 0.4) is 0 Å². The average molecular weight is 454 g/mol. The van der Waals surface area contributed by atoms with Gasteiger partial charge in [0.2, 0.25) is 0 Å². The fourth-order valence-electron chi connectivity index (χ4n) is 3.12. The molecule has 1 aliphatic heterocycles. The van der Waals surface area contributed by atoms with Crippen molar-refractivity contribution in [2.45, 2.75) is 6.92 Å². The highest BCUT2D eigenvalue weighted by Gasteiger charge is 2.27. The van der Waals surface area contributed by atoms with Crippen LogP contribution in [0.2, 0.25) is 5.02 Å². The van der Waals surface area contributed by atoms with E-state index in [0.29, 0.717) is 51.7 Å². The molecule has 0 radical (unpaired) electrons. The van der Waals surface area contributed by atoms with E-state index in [1.54, 1.807) is 31.1 Å². The molecule has 0 saturated carbocycles. The highest BCUT2D eigenvalue weighted by atomic mass is 35.5. The van der Waals surface area contributed by atoms with E-state index in [1.165, 1.54) is 11.3 Å². The van der Waals surface area contributed by atoms with Gasteiger partial charge in [0.25, 0.3) is 5.91 Å². The first-order valence-electron chi connectivity index (χ1n) is 9.12. The molecule has 3 heterocycles. The molecule has 0 N–H and O–H groups in total. The molecule has 1 fully saturated rings. The molecule has 8 nitrogen and oxygen atoms in total. The number of methoxy groups -OCH3 is 1. The molecule has 1 aliphatic rings. The predicted octanol–water partition coefficient (Wildman–Crippen LogP) is 3.10. The van der Waals surface area contributed by atoms with Gasteiger partial charge in [-0.15, -0.1) is 5.10 Å². The SMILES string of the molecule is COc1ccc(Cl)c2sc(N(CCN3CCOCC3)C(=O)c3snnc3C)nc12. The smallest absolute Gasteiger partial charge is 0.273 e. The molecule has 2 aromatic heterocycles. The van der Waals surface area contributed by atoms with E-state index in [1.807, 2.05) is 0 Å². The van der Waals surface area contributed by atoms with Gasteiger partial charge in [-0.2, -0.15) is 0 Å². The van der Waals surface area contributed by atoms with Crippen molar-refractivity contribution < 1.29 is 14.3 Å². The highest BCUT2D eigenvalue weighted by Crippen LogP contribution is 2.39. The second-order valence-corrected chi connectivity index (χ2v) is 8.66. The number of ether oxygens (including phenoxy) is 2. The van der Waals surface area contributed by atoms with Crippen LogP contribution < -0.4 is 9.64 Å². The summed E-state index contributed by atoms with van der Waals surface area (Å²) in [4.78, 5) is 22.5. The second-order valence-electron chi connectivity index (χ2n) is 6.52. The maximum Gasteiger partial charge on any atom is 0.273 e. The Labute approximate surface area is 181 Å². The Kier molecular flexibility index (Phi) is 6.26. The Morgan fingerprint density at radius 2 is 2.17 bits per heavy atom. The van der Waals surface area contributed by atoms with Crippen LogP contribution in [-0.2, 0) is 4.74 Å². The summed E-state index contributed by atoms with van der Waals surface area (Å²) in [6, 6.07) is 3.56. The lowest BCUT2D eigenvalue weighted by Crippen LogP contribution is -2.43. The summed E-state index contributed by atoms with van der Waals surface area (Å²) in [5.74, 6) is 0.475. The maximum atomic E-state index is 13.3. The molecule has 0 atom stereocenters. The van der Waals surface area contributed by atoms with Crippen molar-refractivity contribution in [3.63, 3.8) is 0 Å². The number of carbonyl (C=O) groups is 1. The topological polar surface area (TPSA) is 80.7 Å². The van der Waals surface area contributed by atoms with Gasteiger partial charge in [0.1, 0.15) is 16.1 Å². The first kappa shape index (κ1) is 20.4. The number of morpholine rings is 1. The molecule has 0 aliphatic carbocycles. The fraction of sp³-hybridized carbons (Fsp3) is 0.444. The number of fused-ring (bicyclic) bond motifs is 1. The summed E-state index contributed by atoms with van der Waals surface area (Å²) in [5, 5.41) is 5.15. The molecule has 29 heavy (non-hydrogen) atoms. The zero-order chi connectivity index (χ0) is 20.4.